The highest BCUT2D eigenvalue weighted by Crippen LogP contribution is 2.56. The Labute approximate surface area is 95.3 Å². The van der Waals surface area contributed by atoms with Gasteiger partial charge in [0.25, 0.3) is 0 Å². The van der Waals surface area contributed by atoms with Gasteiger partial charge in [-0.25, -0.2) is 0 Å². The molecule has 0 aliphatic heterocycles. The second kappa shape index (κ2) is 3.34. The number of aliphatic carboxylic acids is 1. The summed E-state index contributed by atoms with van der Waals surface area (Å²) in [4.78, 5) is 11.5. The van der Waals surface area contributed by atoms with Gasteiger partial charge in [0.05, 0.1) is 5.41 Å². The molecule has 0 heterocycles. The van der Waals surface area contributed by atoms with Crippen LogP contribution in [-0.2, 0) is 11.2 Å². The number of rotatable bonds is 2. The molecule has 1 aromatic rings. The predicted octanol–water partition coefficient (Wildman–Crippen LogP) is 2.97. The first-order valence-corrected chi connectivity index (χ1v) is 6.05. The molecule has 16 heavy (non-hydrogen) atoms. The first kappa shape index (κ1) is 9.88. The fourth-order valence-electron chi connectivity index (χ4n) is 3.40. The van der Waals surface area contributed by atoms with E-state index in [2.05, 4.69) is 18.2 Å². The Bertz CT molecular complexity index is 432. The second-order valence-corrected chi connectivity index (χ2v) is 5.10. The molecule has 3 rings (SSSR count). The largest absolute Gasteiger partial charge is 0.481 e. The van der Waals surface area contributed by atoms with E-state index >= 15 is 0 Å². The number of aryl methyl sites for hydroxylation is 1. The van der Waals surface area contributed by atoms with Crippen LogP contribution in [0.4, 0.5) is 0 Å². The first-order chi connectivity index (χ1) is 7.74. The molecule has 1 saturated carbocycles. The van der Waals surface area contributed by atoms with Crippen molar-refractivity contribution in [3.8, 4) is 0 Å². The van der Waals surface area contributed by atoms with Crippen LogP contribution in [0.2, 0.25) is 0 Å². The first-order valence-electron chi connectivity index (χ1n) is 6.05. The molecule has 1 fully saturated rings. The molecule has 1 N–H and O–H groups in total. The smallest absolute Gasteiger partial charge is 0.310 e. The summed E-state index contributed by atoms with van der Waals surface area (Å²) in [7, 11) is 0. The van der Waals surface area contributed by atoms with Gasteiger partial charge in [-0.1, -0.05) is 30.7 Å². The van der Waals surface area contributed by atoms with Crippen molar-refractivity contribution in [2.24, 2.45) is 5.41 Å². The standard InChI is InChI=1S/C14H16O2/c15-13(16)14(8-3-9-14)12-7-6-10-4-1-2-5-11(10)12/h1-2,4-5,12H,3,6-9H2,(H,15,16). The SMILES string of the molecule is O=C(O)C1(C2CCc3ccccc32)CCC1. The fraction of sp³-hybridized carbons (Fsp3) is 0.500. The van der Waals surface area contributed by atoms with E-state index in [1.807, 2.05) is 6.07 Å². The molecule has 1 unspecified atom stereocenters. The van der Waals surface area contributed by atoms with Crippen LogP contribution in [-0.4, -0.2) is 11.1 Å². The van der Waals surface area contributed by atoms with Crippen LogP contribution in [0.1, 0.15) is 42.7 Å². The van der Waals surface area contributed by atoms with Crippen LogP contribution in [0, 0.1) is 5.41 Å². The van der Waals surface area contributed by atoms with Gasteiger partial charge in [-0.3, -0.25) is 4.79 Å². The number of benzene rings is 1. The molecule has 2 aliphatic rings. The average Bonchev–Trinajstić information content (AvgIpc) is 2.61. The fourth-order valence-corrected chi connectivity index (χ4v) is 3.40. The molecule has 2 heteroatoms. The molecule has 84 valence electrons. The van der Waals surface area contributed by atoms with E-state index < -0.39 is 11.4 Å². The Kier molecular flexibility index (Phi) is 2.06. The van der Waals surface area contributed by atoms with Gasteiger partial charge < -0.3 is 5.11 Å². The van der Waals surface area contributed by atoms with E-state index in [9.17, 15) is 9.90 Å². The third-order valence-corrected chi connectivity index (χ3v) is 4.47. The van der Waals surface area contributed by atoms with Crippen LogP contribution in [0.15, 0.2) is 24.3 Å². The van der Waals surface area contributed by atoms with Crippen molar-refractivity contribution in [1.29, 1.82) is 0 Å². The highest BCUT2D eigenvalue weighted by molar-refractivity contribution is 5.77. The Morgan fingerprint density at radius 3 is 2.69 bits per heavy atom. The minimum Gasteiger partial charge on any atom is -0.481 e. The predicted molar refractivity (Wildman–Crippen MR) is 61.4 cm³/mol. The molecule has 2 aliphatic carbocycles. The summed E-state index contributed by atoms with van der Waals surface area (Å²) >= 11 is 0. The van der Waals surface area contributed by atoms with Gasteiger partial charge in [0.15, 0.2) is 0 Å². The number of carboxylic acids is 1. The van der Waals surface area contributed by atoms with Crippen LogP contribution in [0.3, 0.4) is 0 Å². The van der Waals surface area contributed by atoms with Gasteiger partial charge in [-0.05, 0) is 36.8 Å². The minimum absolute atomic E-state index is 0.259. The topological polar surface area (TPSA) is 37.3 Å². The van der Waals surface area contributed by atoms with Crippen molar-refractivity contribution in [3.05, 3.63) is 35.4 Å². The summed E-state index contributed by atoms with van der Waals surface area (Å²) in [6.07, 6.45) is 4.87. The molecule has 1 atom stereocenters. The highest BCUT2D eigenvalue weighted by Gasteiger charge is 2.52. The molecule has 1 aromatic carbocycles. The van der Waals surface area contributed by atoms with E-state index in [1.165, 1.54) is 11.1 Å². The summed E-state index contributed by atoms with van der Waals surface area (Å²) in [6, 6.07) is 8.35. The Morgan fingerprint density at radius 2 is 2.06 bits per heavy atom. The van der Waals surface area contributed by atoms with Crippen LogP contribution in [0.25, 0.3) is 0 Å². The van der Waals surface area contributed by atoms with Gasteiger partial charge in [0.2, 0.25) is 0 Å². The maximum Gasteiger partial charge on any atom is 0.310 e. The van der Waals surface area contributed by atoms with E-state index in [1.54, 1.807) is 0 Å². The summed E-state index contributed by atoms with van der Waals surface area (Å²) in [6.45, 7) is 0. The molecule has 0 aromatic heterocycles. The van der Waals surface area contributed by atoms with Gasteiger partial charge in [0.1, 0.15) is 0 Å². The number of carbonyl (C=O) groups is 1. The summed E-state index contributed by atoms with van der Waals surface area (Å²) in [5.41, 5.74) is 2.22. The lowest BCUT2D eigenvalue weighted by Gasteiger charge is -2.43. The van der Waals surface area contributed by atoms with Gasteiger partial charge in [0, 0.05) is 5.92 Å². The molecule has 0 saturated heterocycles. The molecule has 0 amide bonds. The summed E-state index contributed by atoms with van der Waals surface area (Å²) in [5.74, 6) is -0.324. The van der Waals surface area contributed by atoms with E-state index in [4.69, 9.17) is 0 Å². The Morgan fingerprint density at radius 1 is 1.31 bits per heavy atom. The van der Waals surface area contributed by atoms with Crippen LogP contribution < -0.4 is 0 Å². The summed E-state index contributed by atoms with van der Waals surface area (Å²) < 4.78 is 0. The zero-order chi connectivity index (χ0) is 11.2. The van der Waals surface area contributed by atoms with Gasteiger partial charge in [-0.2, -0.15) is 0 Å². The lowest BCUT2D eigenvalue weighted by molar-refractivity contribution is -0.156. The van der Waals surface area contributed by atoms with E-state index in [0.717, 1.165) is 32.1 Å². The minimum atomic E-state index is -0.583. The lowest BCUT2D eigenvalue weighted by Crippen LogP contribution is -2.42. The molecule has 0 radical (unpaired) electrons. The van der Waals surface area contributed by atoms with Crippen LogP contribution in [0.5, 0.6) is 0 Å². The zero-order valence-corrected chi connectivity index (χ0v) is 9.28. The van der Waals surface area contributed by atoms with Crippen molar-refractivity contribution in [2.75, 3.05) is 0 Å². The maximum atomic E-state index is 11.5. The number of hydrogen-bond acceptors (Lipinski definition) is 1. The maximum absolute atomic E-state index is 11.5. The third-order valence-electron chi connectivity index (χ3n) is 4.47. The third kappa shape index (κ3) is 1.16. The van der Waals surface area contributed by atoms with Crippen molar-refractivity contribution < 1.29 is 9.90 Å². The monoisotopic (exact) mass is 216 g/mol. The number of carboxylic acid groups (broad SMARTS) is 1. The number of fused-ring (bicyclic) bond motifs is 1. The Balaban J connectivity index is 2.01. The average molecular weight is 216 g/mol. The van der Waals surface area contributed by atoms with E-state index in [0.29, 0.717) is 0 Å². The molecule has 2 nitrogen and oxygen atoms in total. The van der Waals surface area contributed by atoms with Crippen molar-refractivity contribution in [2.45, 2.75) is 38.0 Å². The normalized spacial score (nSPS) is 25.9. The van der Waals surface area contributed by atoms with Crippen molar-refractivity contribution >= 4 is 5.97 Å². The molecule has 0 bridgehead atoms. The van der Waals surface area contributed by atoms with E-state index in [-0.39, 0.29) is 5.92 Å². The highest BCUT2D eigenvalue weighted by atomic mass is 16.4. The molecular weight excluding hydrogens is 200 g/mol. The van der Waals surface area contributed by atoms with Gasteiger partial charge in [-0.15, -0.1) is 0 Å². The zero-order valence-electron chi connectivity index (χ0n) is 9.28. The quantitative estimate of drug-likeness (QED) is 0.825. The molecule has 0 spiro atoms. The van der Waals surface area contributed by atoms with Crippen molar-refractivity contribution in [3.63, 3.8) is 0 Å². The van der Waals surface area contributed by atoms with Crippen LogP contribution >= 0.6 is 0 Å². The van der Waals surface area contributed by atoms with Crippen molar-refractivity contribution in [1.82, 2.24) is 0 Å². The summed E-state index contributed by atoms with van der Waals surface area (Å²) in [5, 5.41) is 9.47. The lowest BCUT2D eigenvalue weighted by atomic mass is 9.59. The number of hydrogen-bond donors (Lipinski definition) is 1. The second-order valence-electron chi connectivity index (χ2n) is 5.10. The molecular formula is C14H16O2. The van der Waals surface area contributed by atoms with Gasteiger partial charge >= 0.3 is 5.97 Å². The Hall–Kier alpha value is -1.31.